The summed E-state index contributed by atoms with van der Waals surface area (Å²) in [5.41, 5.74) is 8.03. The van der Waals surface area contributed by atoms with Crippen LogP contribution in [0.25, 0.3) is 16.9 Å². The number of hydrogen-bond donors (Lipinski definition) is 1. The van der Waals surface area contributed by atoms with Gasteiger partial charge in [0.25, 0.3) is 5.56 Å². The summed E-state index contributed by atoms with van der Waals surface area (Å²) in [4.78, 5) is 22.9. The summed E-state index contributed by atoms with van der Waals surface area (Å²) in [6, 6.07) is 10.2. The van der Waals surface area contributed by atoms with Crippen molar-refractivity contribution in [2.75, 3.05) is 0 Å². The third-order valence-corrected chi connectivity index (χ3v) is 5.91. The monoisotopic (exact) mass is 391 g/mol. The molecule has 1 saturated carbocycles. The highest BCUT2D eigenvalue weighted by atomic mass is 16.1. The standard InChI is InChI=1S/C21H25N7O/c1-2-26-20(29)17-19(28-21(26)23-16(12-22)25-28)24-18(15-10-6-7-11-15)27(17)13-14-8-4-3-5-9-14/h3-5,8-9,15H,2,6-7,10-13,22H2,1H3. The van der Waals surface area contributed by atoms with Crippen molar-refractivity contribution >= 4 is 16.9 Å². The van der Waals surface area contributed by atoms with Crippen LogP contribution in [0, 0.1) is 0 Å². The predicted molar refractivity (Wildman–Crippen MR) is 111 cm³/mol. The Labute approximate surface area is 168 Å². The molecule has 3 heterocycles. The molecule has 8 nitrogen and oxygen atoms in total. The highest BCUT2D eigenvalue weighted by molar-refractivity contribution is 5.74. The lowest BCUT2D eigenvalue weighted by Gasteiger charge is -2.13. The van der Waals surface area contributed by atoms with Gasteiger partial charge in [0.05, 0.1) is 6.54 Å². The molecular formula is C21H25N7O. The fourth-order valence-corrected chi connectivity index (χ4v) is 4.49. The molecular weight excluding hydrogens is 366 g/mol. The van der Waals surface area contributed by atoms with E-state index in [1.807, 2.05) is 25.1 Å². The van der Waals surface area contributed by atoms with E-state index in [-0.39, 0.29) is 12.1 Å². The van der Waals surface area contributed by atoms with Gasteiger partial charge in [0.1, 0.15) is 5.82 Å². The molecule has 8 heteroatoms. The van der Waals surface area contributed by atoms with Crippen LogP contribution in [0.15, 0.2) is 35.1 Å². The molecule has 1 aliphatic carbocycles. The lowest BCUT2D eigenvalue weighted by molar-refractivity contribution is 0.616. The fraction of sp³-hybridized carbons (Fsp3) is 0.429. The van der Waals surface area contributed by atoms with Gasteiger partial charge in [-0.25, -0.2) is 4.98 Å². The average Bonchev–Trinajstić information content (AvgIpc) is 3.47. The molecule has 0 atom stereocenters. The van der Waals surface area contributed by atoms with Crippen molar-refractivity contribution in [3.63, 3.8) is 0 Å². The SMILES string of the molecule is CCn1c(=O)c2c(nc(C3CCCC3)n2Cc2ccccc2)n2nc(CN)nc12. The van der Waals surface area contributed by atoms with E-state index in [0.717, 1.165) is 24.2 Å². The number of nitrogens with zero attached hydrogens (tertiary/aromatic N) is 6. The second-order valence-electron chi connectivity index (χ2n) is 7.69. The molecule has 0 unspecified atom stereocenters. The Morgan fingerprint density at radius 3 is 2.55 bits per heavy atom. The van der Waals surface area contributed by atoms with Crippen molar-refractivity contribution in [3.05, 3.63) is 57.9 Å². The van der Waals surface area contributed by atoms with Crippen molar-refractivity contribution in [2.24, 2.45) is 5.73 Å². The highest BCUT2D eigenvalue weighted by Gasteiger charge is 2.27. The molecule has 1 fully saturated rings. The summed E-state index contributed by atoms with van der Waals surface area (Å²) < 4.78 is 5.47. The second-order valence-corrected chi connectivity index (χ2v) is 7.69. The minimum atomic E-state index is -0.0707. The Bertz CT molecular complexity index is 1230. The van der Waals surface area contributed by atoms with Crippen LogP contribution < -0.4 is 11.3 Å². The van der Waals surface area contributed by atoms with E-state index in [1.54, 1.807) is 9.08 Å². The normalized spacial score (nSPS) is 15.1. The minimum Gasteiger partial charge on any atom is -0.324 e. The molecule has 0 spiro atoms. The summed E-state index contributed by atoms with van der Waals surface area (Å²) in [6.45, 7) is 3.30. The third-order valence-electron chi connectivity index (χ3n) is 5.91. The van der Waals surface area contributed by atoms with Gasteiger partial charge in [-0.2, -0.15) is 9.50 Å². The van der Waals surface area contributed by atoms with E-state index < -0.39 is 0 Å². The van der Waals surface area contributed by atoms with Crippen LogP contribution in [-0.2, 0) is 19.6 Å². The number of nitrogens with two attached hydrogens (primary N) is 1. The number of fused-ring (bicyclic) bond motifs is 3. The Morgan fingerprint density at radius 2 is 1.86 bits per heavy atom. The maximum atomic E-state index is 13.5. The van der Waals surface area contributed by atoms with E-state index in [0.29, 0.717) is 41.8 Å². The van der Waals surface area contributed by atoms with Crippen LogP contribution in [0.3, 0.4) is 0 Å². The van der Waals surface area contributed by atoms with Crippen molar-refractivity contribution in [3.8, 4) is 0 Å². The maximum absolute atomic E-state index is 13.5. The summed E-state index contributed by atoms with van der Waals surface area (Å²) in [6.07, 6.45) is 4.62. The van der Waals surface area contributed by atoms with Crippen LogP contribution in [-0.4, -0.2) is 28.7 Å². The zero-order valence-electron chi connectivity index (χ0n) is 16.6. The van der Waals surface area contributed by atoms with Gasteiger partial charge in [0, 0.05) is 19.0 Å². The first-order chi connectivity index (χ1) is 14.2. The average molecular weight is 391 g/mol. The predicted octanol–water partition coefficient (Wildman–Crippen LogP) is 2.43. The lowest BCUT2D eigenvalue weighted by Crippen LogP contribution is -2.25. The van der Waals surface area contributed by atoms with E-state index in [2.05, 4.69) is 26.8 Å². The molecule has 5 rings (SSSR count). The first-order valence-corrected chi connectivity index (χ1v) is 10.3. The smallest absolute Gasteiger partial charge is 0.281 e. The maximum Gasteiger partial charge on any atom is 0.281 e. The van der Waals surface area contributed by atoms with Gasteiger partial charge in [-0.15, -0.1) is 5.10 Å². The number of rotatable bonds is 5. The summed E-state index contributed by atoms with van der Waals surface area (Å²) in [5.74, 6) is 2.37. The first kappa shape index (κ1) is 18.1. The third kappa shape index (κ3) is 2.86. The first-order valence-electron chi connectivity index (χ1n) is 10.3. The molecule has 29 heavy (non-hydrogen) atoms. The summed E-state index contributed by atoms with van der Waals surface area (Å²) in [5, 5.41) is 4.54. The largest absolute Gasteiger partial charge is 0.324 e. The van der Waals surface area contributed by atoms with Gasteiger partial charge in [0.2, 0.25) is 5.78 Å². The van der Waals surface area contributed by atoms with Gasteiger partial charge in [-0.1, -0.05) is 43.2 Å². The molecule has 0 saturated heterocycles. The number of benzene rings is 1. The molecule has 4 aromatic rings. The summed E-state index contributed by atoms with van der Waals surface area (Å²) >= 11 is 0. The van der Waals surface area contributed by atoms with Crippen LogP contribution in [0.2, 0.25) is 0 Å². The van der Waals surface area contributed by atoms with Crippen molar-refractivity contribution in [1.82, 2.24) is 28.7 Å². The molecule has 0 amide bonds. The van der Waals surface area contributed by atoms with Gasteiger partial charge >= 0.3 is 0 Å². The van der Waals surface area contributed by atoms with Crippen molar-refractivity contribution < 1.29 is 0 Å². The van der Waals surface area contributed by atoms with Crippen molar-refractivity contribution in [2.45, 2.75) is 58.2 Å². The Balaban J connectivity index is 1.84. The molecule has 0 radical (unpaired) electrons. The molecule has 2 N–H and O–H groups in total. The topological polar surface area (TPSA) is 96.0 Å². The van der Waals surface area contributed by atoms with E-state index >= 15 is 0 Å². The van der Waals surface area contributed by atoms with Gasteiger partial charge in [-0.3, -0.25) is 9.36 Å². The van der Waals surface area contributed by atoms with Crippen LogP contribution in [0.4, 0.5) is 0 Å². The van der Waals surface area contributed by atoms with Gasteiger partial charge in [0.15, 0.2) is 17.0 Å². The molecule has 1 aliphatic rings. The number of imidazole rings is 1. The van der Waals surface area contributed by atoms with E-state index in [4.69, 9.17) is 10.7 Å². The molecule has 0 aliphatic heterocycles. The number of aryl methyl sites for hydroxylation is 1. The van der Waals surface area contributed by atoms with E-state index in [9.17, 15) is 4.79 Å². The Morgan fingerprint density at radius 1 is 1.10 bits per heavy atom. The number of hydrogen-bond acceptors (Lipinski definition) is 5. The minimum absolute atomic E-state index is 0.0707. The van der Waals surface area contributed by atoms with E-state index in [1.165, 1.54) is 12.8 Å². The zero-order chi connectivity index (χ0) is 20.0. The quantitative estimate of drug-likeness (QED) is 0.564. The van der Waals surface area contributed by atoms with Crippen LogP contribution in [0.1, 0.15) is 55.7 Å². The molecule has 3 aromatic heterocycles. The molecule has 0 bridgehead atoms. The Hall–Kier alpha value is -3.00. The second kappa shape index (κ2) is 7.11. The Kier molecular flexibility index (Phi) is 4.43. The van der Waals surface area contributed by atoms with Crippen LogP contribution in [0.5, 0.6) is 0 Å². The van der Waals surface area contributed by atoms with Gasteiger partial charge < -0.3 is 10.3 Å². The highest BCUT2D eigenvalue weighted by Crippen LogP contribution is 2.35. The zero-order valence-corrected chi connectivity index (χ0v) is 16.6. The van der Waals surface area contributed by atoms with Gasteiger partial charge in [-0.05, 0) is 25.3 Å². The van der Waals surface area contributed by atoms with Crippen molar-refractivity contribution in [1.29, 1.82) is 0 Å². The molecule has 150 valence electrons. The fourth-order valence-electron chi connectivity index (χ4n) is 4.49. The lowest BCUT2D eigenvalue weighted by atomic mass is 10.1. The number of aromatic nitrogens is 6. The molecule has 1 aromatic carbocycles. The summed E-state index contributed by atoms with van der Waals surface area (Å²) in [7, 11) is 0. The van der Waals surface area contributed by atoms with Crippen LogP contribution >= 0.6 is 0 Å².